The normalized spacial score (nSPS) is 11.6. The lowest BCUT2D eigenvalue weighted by molar-refractivity contribution is -0.122. The van der Waals surface area contributed by atoms with E-state index < -0.39 is 6.04 Å². The van der Waals surface area contributed by atoms with Crippen molar-refractivity contribution >= 4 is 11.9 Å². The van der Waals surface area contributed by atoms with Crippen LogP contribution < -0.4 is 10.6 Å². The molecule has 0 spiro atoms. The lowest BCUT2D eigenvalue weighted by Gasteiger charge is -2.19. The fourth-order valence-corrected chi connectivity index (χ4v) is 2.81. The Balaban J connectivity index is 1.74. The zero-order valence-electron chi connectivity index (χ0n) is 15.5. The molecule has 0 aliphatic heterocycles. The largest absolute Gasteiger partial charge is 0.349 e. The van der Waals surface area contributed by atoms with Crippen LogP contribution in [0.3, 0.4) is 0 Å². The number of carbonyl (C=O) groups is 1. The van der Waals surface area contributed by atoms with Gasteiger partial charge < -0.3 is 10.6 Å². The molecule has 0 aliphatic carbocycles. The highest BCUT2D eigenvalue weighted by Crippen LogP contribution is 2.10. The monoisotopic (exact) mass is 361 g/mol. The van der Waals surface area contributed by atoms with Gasteiger partial charge in [-0.15, -0.1) is 0 Å². The highest BCUT2D eigenvalue weighted by atomic mass is 16.2. The first kappa shape index (κ1) is 18.5. The summed E-state index contributed by atoms with van der Waals surface area (Å²) in [5, 5.41) is 6.14. The number of hydrogen-bond donors (Lipinski definition) is 2. The summed E-state index contributed by atoms with van der Waals surface area (Å²) >= 11 is 0. The highest BCUT2D eigenvalue weighted by Gasteiger charge is 2.20. The molecule has 2 aromatic heterocycles. The van der Waals surface area contributed by atoms with Crippen molar-refractivity contribution in [1.29, 1.82) is 0 Å². The van der Waals surface area contributed by atoms with Crippen LogP contribution in [-0.2, 0) is 17.8 Å². The third-order valence-electron chi connectivity index (χ3n) is 4.05. The van der Waals surface area contributed by atoms with E-state index >= 15 is 0 Å². The quantitative estimate of drug-likeness (QED) is 0.676. The minimum absolute atomic E-state index is 0.118. The number of hydrogen-bond acceptors (Lipinski definition) is 5. The number of nitrogens with zero attached hydrogens (tertiary/aromatic N) is 3. The number of anilines is 1. The number of carbonyl (C=O) groups excluding carboxylic acids is 1. The van der Waals surface area contributed by atoms with Crippen molar-refractivity contribution < 1.29 is 4.79 Å². The van der Waals surface area contributed by atoms with Crippen molar-refractivity contribution in [3.63, 3.8) is 0 Å². The smallest absolute Gasteiger partial charge is 0.243 e. The van der Waals surface area contributed by atoms with E-state index in [-0.39, 0.29) is 5.91 Å². The van der Waals surface area contributed by atoms with Gasteiger partial charge in [0.2, 0.25) is 11.9 Å². The number of rotatable bonds is 7. The van der Waals surface area contributed by atoms with Gasteiger partial charge in [0.15, 0.2) is 0 Å². The van der Waals surface area contributed by atoms with Crippen LogP contribution in [0.15, 0.2) is 60.8 Å². The van der Waals surface area contributed by atoms with Gasteiger partial charge in [0, 0.05) is 24.0 Å². The summed E-state index contributed by atoms with van der Waals surface area (Å²) in [5.41, 5.74) is 3.59. The molecule has 0 fully saturated rings. The molecule has 3 rings (SSSR count). The molecule has 0 aliphatic rings. The van der Waals surface area contributed by atoms with E-state index in [1.807, 2.05) is 68.4 Å². The van der Waals surface area contributed by atoms with Gasteiger partial charge >= 0.3 is 0 Å². The second-order valence-corrected chi connectivity index (χ2v) is 6.40. The van der Waals surface area contributed by atoms with Crippen LogP contribution in [0, 0.1) is 13.8 Å². The van der Waals surface area contributed by atoms with Gasteiger partial charge in [0.25, 0.3) is 0 Å². The summed E-state index contributed by atoms with van der Waals surface area (Å²) in [5.74, 6) is 0.341. The number of benzene rings is 1. The minimum Gasteiger partial charge on any atom is -0.349 e. The summed E-state index contributed by atoms with van der Waals surface area (Å²) in [7, 11) is 0. The lowest BCUT2D eigenvalue weighted by atomic mass is 10.1. The Morgan fingerprint density at radius 3 is 2.37 bits per heavy atom. The molecular formula is C21H23N5O. The van der Waals surface area contributed by atoms with E-state index in [9.17, 15) is 4.79 Å². The maximum Gasteiger partial charge on any atom is 0.243 e. The molecule has 1 atom stereocenters. The minimum atomic E-state index is -0.489. The molecule has 1 amide bonds. The second-order valence-electron chi connectivity index (χ2n) is 6.40. The third kappa shape index (κ3) is 5.60. The summed E-state index contributed by atoms with van der Waals surface area (Å²) < 4.78 is 0. The van der Waals surface area contributed by atoms with Crippen molar-refractivity contribution in [3.05, 3.63) is 83.4 Å². The second kappa shape index (κ2) is 8.89. The molecule has 27 heavy (non-hydrogen) atoms. The third-order valence-corrected chi connectivity index (χ3v) is 4.05. The molecule has 138 valence electrons. The van der Waals surface area contributed by atoms with E-state index in [0.717, 1.165) is 22.6 Å². The van der Waals surface area contributed by atoms with Gasteiger partial charge in [-0.05, 0) is 37.6 Å². The molecule has 0 unspecified atom stereocenters. The molecule has 0 saturated carbocycles. The zero-order chi connectivity index (χ0) is 19.1. The van der Waals surface area contributed by atoms with Crippen LogP contribution in [0.5, 0.6) is 0 Å². The van der Waals surface area contributed by atoms with Gasteiger partial charge in [-0.1, -0.05) is 36.4 Å². The fraction of sp³-hybridized carbons (Fsp3) is 0.238. The first-order valence-electron chi connectivity index (χ1n) is 8.90. The molecule has 3 aromatic rings. The summed E-state index contributed by atoms with van der Waals surface area (Å²) in [6.07, 6.45) is 2.25. The maximum absolute atomic E-state index is 12.8. The predicted molar refractivity (Wildman–Crippen MR) is 105 cm³/mol. The van der Waals surface area contributed by atoms with Crippen LogP contribution in [0.2, 0.25) is 0 Å². The van der Waals surface area contributed by atoms with Crippen molar-refractivity contribution in [1.82, 2.24) is 20.3 Å². The topological polar surface area (TPSA) is 79.8 Å². The van der Waals surface area contributed by atoms with Crippen molar-refractivity contribution in [2.75, 3.05) is 5.32 Å². The van der Waals surface area contributed by atoms with Crippen molar-refractivity contribution in [3.8, 4) is 0 Å². The van der Waals surface area contributed by atoms with Crippen LogP contribution in [0.4, 0.5) is 5.95 Å². The average molecular weight is 361 g/mol. The molecule has 0 bridgehead atoms. The van der Waals surface area contributed by atoms with Crippen molar-refractivity contribution in [2.24, 2.45) is 0 Å². The molecule has 0 radical (unpaired) electrons. The summed E-state index contributed by atoms with van der Waals surface area (Å²) in [6, 6.07) is 16.9. The Morgan fingerprint density at radius 2 is 1.70 bits per heavy atom. The van der Waals surface area contributed by atoms with Gasteiger partial charge in [0.05, 0.1) is 12.2 Å². The number of nitrogens with one attached hydrogen (secondary N) is 2. The Bertz CT molecular complexity index is 863. The van der Waals surface area contributed by atoms with E-state index in [4.69, 9.17) is 0 Å². The number of amides is 1. The molecule has 0 saturated heterocycles. The first-order valence-corrected chi connectivity index (χ1v) is 8.90. The standard InChI is InChI=1S/C21H23N5O/c1-15-12-16(2)25-21(24-15)26-19(13-17-8-4-3-5-9-17)20(27)23-14-18-10-6-7-11-22-18/h3-12,19H,13-14H2,1-2H3,(H,23,27)(H,24,25,26)/t19-/m1/s1. The summed E-state index contributed by atoms with van der Waals surface area (Å²) in [4.78, 5) is 25.9. The fourth-order valence-electron chi connectivity index (χ4n) is 2.81. The Labute approximate surface area is 159 Å². The van der Waals surface area contributed by atoms with E-state index in [1.54, 1.807) is 6.20 Å². The van der Waals surface area contributed by atoms with Crippen LogP contribution in [-0.4, -0.2) is 26.9 Å². The van der Waals surface area contributed by atoms with Gasteiger partial charge in [-0.2, -0.15) is 0 Å². The number of aryl methyl sites for hydroxylation is 2. The predicted octanol–water partition coefficient (Wildman–Crippen LogP) is 2.83. The number of aromatic nitrogens is 3. The molecule has 6 heteroatoms. The van der Waals surface area contributed by atoms with Gasteiger partial charge in [-0.25, -0.2) is 9.97 Å². The van der Waals surface area contributed by atoms with Crippen LogP contribution in [0.25, 0.3) is 0 Å². The SMILES string of the molecule is Cc1cc(C)nc(N[C@H](Cc2ccccc2)C(=O)NCc2ccccn2)n1. The molecule has 1 aromatic carbocycles. The molecule has 6 nitrogen and oxygen atoms in total. The Hall–Kier alpha value is -3.28. The van der Waals surface area contributed by atoms with E-state index in [2.05, 4.69) is 25.6 Å². The Kier molecular flexibility index (Phi) is 6.10. The van der Waals surface area contributed by atoms with E-state index in [0.29, 0.717) is 18.9 Å². The lowest BCUT2D eigenvalue weighted by Crippen LogP contribution is -2.41. The Morgan fingerprint density at radius 1 is 1.00 bits per heavy atom. The van der Waals surface area contributed by atoms with Gasteiger partial charge in [0.1, 0.15) is 6.04 Å². The average Bonchev–Trinajstić information content (AvgIpc) is 2.66. The van der Waals surface area contributed by atoms with Crippen LogP contribution >= 0.6 is 0 Å². The summed E-state index contributed by atoms with van der Waals surface area (Å²) in [6.45, 7) is 4.20. The number of pyridine rings is 1. The highest BCUT2D eigenvalue weighted by molar-refractivity contribution is 5.84. The molecule has 2 N–H and O–H groups in total. The van der Waals surface area contributed by atoms with Crippen LogP contribution in [0.1, 0.15) is 22.6 Å². The maximum atomic E-state index is 12.8. The zero-order valence-corrected chi connectivity index (χ0v) is 15.5. The van der Waals surface area contributed by atoms with E-state index in [1.165, 1.54) is 0 Å². The molecular weight excluding hydrogens is 338 g/mol. The van der Waals surface area contributed by atoms with Gasteiger partial charge in [-0.3, -0.25) is 9.78 Å². The molecule has 2 heterocycles. The van der Waals surface area contributed by atoms with Crippen molar-refractivity contribution in [2.45, 2.75) is 32.9 Å². The first-order chi connectivity index (χ1) is 13.1.